The van der Waals surface area contributed by atoms with E-state index in [-0.39, 0.29) is 13.2 Å². The molecule has 0 heterocycles. The highest BCUT2D eigenvalue weighted by molar-refractivity contribution is 5.90. The third-order valence-corrected chi connectivity index (χ3v) is 3.72. The lowest BCUT2D eigenvalue weighted by molar-refractivity contribution is 0.0450. The van der Waals surface area contributed by atoms with Gasteiger partial charge in [-0.3, -0.25) is 0 Å². The van der Waals surface area contributed by atoms with E-state index in [0.29, 0.717) is 34.8 Å². The van der Waals surface area contributed by atoms with Gasteiger partial charge in [-0.25, -0.2) is 4.79 Å². The van der Waals surface area contributed by atoms with E-state index in [9.17, 15) is 4.79 Å². The van der Waals surface area contributed by atoms with Gasteiger partial charge in [0.15, 0.2) is 11.5 Å². The fourth-order valence-electron chi connectivity index (χ4n) is 2.47. The Bertz CT molecular complexity index is 837. The number of hydrogen-bond acceptors (Lipinski definition) is 6. The van der Waals surface area contributed by atoms with Crippen LogP contribution in [-0.2, 0) is 11.2 Å². The maximum Gasteiger partial charge on any atom is 0.338 e. The molecule has 0 fully saturated rings. The van der Waals surface area contributed by atoms with Crippen molar-refractivity contribution < 1.29 is 23.7 Å². The molecule has 2 aromatic rings. The summed E-state index contributed by atoms with van der Waals surface area (Å²) in [5, 5.41) is 8.76. The Morgan fingerprint density at radius 3 is 2.48 bits per heavy atom. The SMILES string of the molecule is C=CCc1cc(C(=O)OCCOc2ccc(C#N)cc2)cc(OC)c1OC. The molecule has 2 rings (SSSR count). The summed E-state index contributed by atoms with van der Waals surface area (Å²) in [6.07, 6.45) is 2.25. The molecule has 0 N–H and O–H groups in total. The second-order valence-corrected chi connectivity index (χ2v) is 5.48. The summed E-state index contributed by atoms with van der Waals surface area (Å²) < 4.78 is 21.4. The predicted molar refractivity (Wildman–Crippen MR) is 100 cm³/mol. The van der Waals surface area contributed by atoms with Crippen molar-refractivity contribution in [2.75, 3.05) is 27.4 Å². The fourth-order valence-corrected chi connectivity index (χ4v) is 2.47. The molecule has 0 radical (unpaired) electrons. The lowest BCUT2D eigenvalue weighted by Crippen LogP contribution is -2.13. The summed E-state index contributed by atoms with van der Waals surface area (Å²) in [6.45, 7) is 4.00. The predicted octanol–water partition coefficient (Wildman–Crippen LogP) is 3.54. The van der Waals surface area contributed by atoms with E-state index in [2.05, 4.69) is 6.58 Å². The van der Waals surface area contributed by atoms with Gasteiger partial charge in [0.25, 0.3) is 0 Å². The van der Waals surface area contributed by atoms with Crippen LogP contribution in [0.5, 0.6) is 17.2 Å². The highest BCUT2D eigenvalue weighted by Crippen LogP contribution is 2.33. The van der Waals surface area contributed by atoms with Crippen molar-refractivity contribution in [2.24, 2.45) is 0 Å². The second kappa shape index (κ2) is 9.88. The Hall–Kier alpha value is -3.46. The van der Waals surface area contributed by atoms with Crippen LogP contribution in [0, 0.1) is 11.3 Å². The minimum atomic E-state index is -0.482. The number of allylic oxidation sites excluding steroid dienone is 1. The van der Waals surface area contributed by atoms with Crippen molar-refractivity contribution in [3.8, 4) is 23.3 Å². The first kappa shape index (κ1) is 19.9. The van der Waals surface area contributed by atoms with Crippen LogP contribution in [0.15, 0.2) is 49.1 Å². The molecule has 2 aromatic carbocycles. The monoisotopic (exact) mass is 367 g/mol. The van der Waals surface area contributed by atoms with Crippen molar-refractivity contribution in [1.29, 1.82) is 5.26 Å². The van der Waals surface area contributed by atoms with E-state index in [1.165, 1.54) is 7.11 Å². The molecule has 0 bridgehead atoms. The normalized spacial score (nSPS) is 9.81. The van der Waals surface area contributed by atoms with Crippen molar-refractivity contribution in [1.82, 2.24) is 0 Å². The van der Waals surface area contributed by atoms with E-state index in [1.807, 2.05) is 6.07 Å². The molecule has 0 spiro atoms. The van der Waals surface area contributed by atoms with Gasteiger partial charge in [-0.1, -0.05) is 6.08 Å². The molecule has 27 heavy (non-hydrogen) atoms. The van der Waals surface area contributed by atoms with E-state index in [1.54, 1.807) is 49.6 Å². The van der Waals surface area contributed by atoms with Gasteiger partial charge in [0.2, 0.25) is 0 Å². The summed E-state index contributed by atoms with van der Waals surface area (Å²) in [5.41, 5.74) is 1.70. The molecule has 0 saturated carbocycles. The van der Waals surface area contributed by atoms with Crippen LogP contribution >= 0.6 is 0 Å². The standard InChI is InChI=1S/C21H21NO5/c1-4-5-16-12-17(13-19(24-2)20(16)25-3)21(23)27-11-10-26-18-8-6-15(14-22)7-9-18/h4,6-9,12-13H,1,5,10-11H2,2-3H3. The van der Waals surface area contributed by atoms with Crippen molar-refractivity contribution in [3.63, 3.8) is 0 Å². The first-order valence-corrected chi connectivity index (χ1v) is 8.28. The van der Waals surface area contributed by atoms with Crippen LogP contribution < -0.4 is 14.2 Å². The number of carbonyl (C=O) groups excluding carboxylic acids is 1. The zero-order chi connectivity index (χ0) is 19.6. The number of methoxy groups -OCH3 is 2. The van der Waals surface area contributed by atoms with Gasteiger partial charge in [0.05, 0.1) is 31.4 Å². The Morgan fingerprint density at radius 1 is 1.15 bits per heavy atom. The van der Waals surface area contributed by atoms with Crippen LogP contribution in [0.3, 0.4) is 0 Å². The van der Waals surface area contributed by atoms with Crippen molar-refractivity contribution >= 4 is 5.97 Å². The van der Waals surface area contributed by atoms with E-state index >= 15 is 0 Å². The Morgan fingerprint density at radius 2 is 1.89 bits per heavy atom. The van der Waals surface area contributed by atoms with E-state index in [0.717, 1.165) is 5.56 Å². The van der Waals surface area contributed by atoms with Crippen LogP contribution in [0.25, 0.3) is 0 Å². The van der Waals surface area contributed by atoms with Gasteiger partial charge in [0.1, 0.15) is 19.0 Å². The topological polar surface area (TPSA) is 77.8 Å². The lowest BCUT2D eigenvalue weighted by atomic mass is 10.1. The average Bonchev–Trinajstić information content (AvgIpc) is 2.71. The molecule has 0 unspecified atom stereocenters. The molecule has 0 aliphatic rings. The molecule has 0 amide bonds. The summed E-state index contributed by atoms with van der Waals surface area (Å²) in [4.78, 5) is 12.3. The van der Waals surface area contributed by atoms with Gasteiger partial charge in [-0.2, -0.15) is 5.26 Å². The fraction of sp³-hybridized carbons (Fsp3) is 0.238. The minimum absolute atomic E-state index is 0.0873. The molecule has 0 saturated heterocycles. The van der Waals surface area contributed by atoms with Gasteiger partial charge < -0.3 is 18.9 Å². The number of nitrogens with zero attached hydrogens (tertiary/aromatic N) is 1. The molecule has 0 aliphatic heterocycles. The highest BCUT2D eigenvalue weighted by Gasteiger charge is 2.16. The molecule has 0 aliphatic carbocycles. The summed E-state index contributed by atoms with van der Waals surface area (Å²) in [7, 11) is 3.05. The number of esters is 1. The van der Waals surface area contributed by atoms with Gasteiger partial charge in [-0.15, -0.1) is 6.58 Å². The largest absolute Gasteiger partial charge is 0.493 e. The van der Waals surface area contributed by atoms with Crippen LogP contribution in [0.1, 0.15) is 21.5 Å². The van der Waals surface area contributed by atoms with Crippen molar-refractivity contribution in [3.05, 3.63) is 65.7 Å². The van der Waals surface area contributed by atoms with Crippen LogP contribution in [0.4, 0.5) is 0 Å². The second-order valence-electron chi connectivity index (χ2n) is 5.48. The number of benzene rings is 2. The van der Waals surface area contributed by atoms with Gasteiger partial charge in [-0.05, 0) is 42.8 Å². The number of nitriles is 1. The minimum Gasteiger partial charge on any atom is -0.493 e. The summed E-state index contributed by atoms with van der Waals surface area (Å²) >= 11 is 0. The van der Waals surface area contributed by atoms with E-state index in [4.69, 9.17) is 24.2 Å². The van der Waals surface area contributed by atoms with Gasteiger partial charge >= 0.3 is 5.97 Å². The van der Waals surface area contributed by atoms with Gasteiger partial charge in [0, 0.05) is 5.56 Å². The number of rotatable bonds is 9. The smallest absolute Gasteiger partial charge is 0.338 e. The molecule has 6 nitrogen and oxygen atoms in total. The maximum absolute atomic E-state index is 12.3. The maximum atomic E-state index is 12.3. The molecule has 140 valence electrons. The number of carbonyl (C=O) groups is 1. The van der Waals surface area contributed by atoms with Crippen molar-refractivity contribution in [2.45, 2.75) is 6.42 Å². The van der Waals surface area contributed by atoms with Crippen LogP contribution in [-0.4, -0.2) is 33.4 Å². The summed E-state index contributed by atoms with van der Waals surface area (Å²) in [6, 6.07) is 12.0. The highest BCUT2D eigenvalue weighted by atomic mass is 16.6. The average molecular weight is 367 g/mol. The molecule has 0 atom stereocenters. The molecule has 6 heteroatoms. The Labute approximate surface area is 158 Å². The first-order chi connectivity index (χ1) is 13.1. The molecular weight excluding hydrogens is 346 g/mol. The third kappa shape index (κ3) is 5.25. The zero-order valence-electron chi connectivity index (χ0n) is 15.4. The number of ether oxygens (including phenoxy) is 4. The zero-order valence-corrected chi connectivity index (χ0v) is 15.4. The number of hydrogen-bond donors (Lipinski definition) is 0. The third-order valence-electron chi connectivity index (χ3n) is 3.72. The Balaban J connectivity index is 1.97. The lowest BCUT2D eigenvalue weighted by Gasteiger charge is -2.14. The van der Waals surface area contributed by atoms with Crippen LogP contribution in [0.2, 0.25) is 0 Å². The summed E-state index contributed by atoms with van der Waals surface area (Å²) in [5.74, 6) is 1.14. The molecular formula is C21H21NO5. The first-order valence-electron chi connectivity index (χ1n) is 8.28. The molecule has 0 aromatic heterocycles. The Kier molecular flexibility index (Phi) is 7.26. The van der Waals surface area contributed by atoms with E-state index < -0.39 is 5.97 Å². The quantitative estimate of drug-likeness (QED) is 0.383.